The number of benzene rings is 2. The molecule has 0 aliphatic heterocycles. The van der Waals surface area contributed by atoms with Crippen molar-refractivity contribution < 1.29 is 79.4 Å². The van der Waals surface area contributed by atoms with Crippen molar-refractivity contribution >= 4 is 40.7 Å². The number of Topliss-reactive ketones (excluding diaryl/α,β-unsaturated/α-hetero) is 1. The molecule has 0 aliphatic rings. The summed E-state index contributed by atoms with van der Waals surface area (Å²) in [5.41, 5.74) is 2.16. The Kier molecular flexibility index (Phi) is 101. The van der Waals surface area contributed by atoms with Crippen LogP contribution in [0.2, 0.25) is 0 Å². The summed E-state index contributed by atoms with van der Waals surface area (Å²) >= 11 is 0. The quantitative estimate of drug-likeness (QED) is 0.138. The van der Waals surface area contributed by atoms with Crippen molar-refractivity contribution in [1.29, 1.82) is 0 Å². The Morgan fingerprint density at radius 3 is 0.893 bits per heavy atom. The SMILES string of the molecule is CC.CC.CC(=O)Cc1ccccc1.CC(=O)N(C)C.CC(=O)O.[CH2-]c1ccccc1.[CH3-].[CH3-].[CH3-].[H-].[Mg+2].[Rh].[Rh].[Rh].c1ccncc1.c1ccncc1.c1ccncc1. The zero-order chi connectivity index (χ0) is 38.0. The Morgan fingerprint density at radius 2 is 0.768 bits per heavy atom. The molecule has 1 amide bonds. The number of hydrogen-bond donors (Lipinski definition) is 1. The van der Waals surface area contributed by atoms with Crippen LogP contribution in [0.25, 0.3) is 0 Å². The number of carboxylic acids is 1. The predicted octanol–water partition coefficient (Wildman–Crippen LogP) is 10.2. The first-order valence-corrected chi connectivity index (χ1v) is 15.9. The summed E-state index contributed by atoms with van der Waals surface area (Å²) in [4.78, 5) is 42.6. The number of nitrogens with zero attached hydrogens (tertiary/aromatic N) is 4. The van der Waals surface area contributed by atoms with E-state index in [4.69, 9.17) is 9.90 Å². The van der Waals surface area contributed by atoms with Gasteiger partial charge in [-0.1, -0.05) is 82.3 Å². The maximum absolute atomic E-state index is 10.6. The van der Waals surface area contributed by atoms with Crippen LogP contribution in [0.3, 0.4) is 0 Å². The normalized spacial score (nSPS) is 6.80. The summed E-state index contributed by atoms with van der Waals surface area (Å²) < 4.78 is 0. The largest absolute Gasteiger partial charge is 2.00 e. The second-order valence-corrected chi connectivity index (χ2v) is 8.86. The van der Waals surface area contributed by atoms with Gasteiger partial charge in [0, 0.05) is 130 Å². The molecule has 2 aromatic carbocycles. The van der Waals surface area contributed by atoms with Crippen LogP contribution in [0.1, 0.15) is 61.0 Å². The molecule has 56 heavy (non-hydrogen) atoms. The molecule has 0 unspecified atom stereocenters. The molecular formula is C44H67MgN4O4Rh3-3. The molecule has 1 N–H and O–H groups in total. The number of aliphatic carboxylic acids is 1. The summed E-state index contributed by atoms with van der Waals surface area (Å²) in [6, 6.07) is 36.8. The molecule has 3 aromatic heterocycles. The molecule has 3 radical (unpaired) electrons. The van der Waals surface area contributed by atoms with Gasteiger partial charge >= 0.3 is 23.1 Å². The maximum atomic E-state index is 10.6. The van der Waals surface area contributed by atoms with Gasteiger partial charge in [0.15, 0.2) is 0 Å². The van der Waals surface area contributed by atoms with E-state index < -0.39 is 5.97 Å². The van der Waals surface area contributed by atoms with Gasteiger partial charge in [-0.15, -0.1) is 12.1 Å². The second-order valence-electron chi connectivity index (χ2n) is 8.86. The fourth-order valence-corrected chi connectivity index (χ4v) is 2.30. The fraction of sp³-hybridized carbons (Fsp3) is 0.227. The first-order chi connectivity index (χ1) is 23.6. The van der Waals surface area contributed by atoms with Crippen LogP contribution in [0.5, 0.6) is 0 Å². The molecule has 319 valence electrons. The Bertz CT molecular complexity index is 1200. The van der Waals surface area contributed by atoms with Crippen LogP contribution >= 0.6 is 0 Å². The monoisotopic (exact) mass is 1050 g/mol. The number of carboxylic acid groups (broad SMARTS) is 1. The van der Waals surface area contributed by atoms with Gasteiger partial charge in [-0.3, -0.25) is 29.3 Å². The topological polar surface area (TPSA) is 113 Å². The van der Waals surface area contributed by atoms with Gasteiger partial charge in [0.2, 0.25) is 5.91 Å². The first-order valence-electron chi connectivity index (χ1n) is 15.9. The van der Waals surface area contributed by atoms with Crippen molar-refractivity contribution in [2.24, 2.45) is 0 Å². The molecule has 3 heterocycles. The minimum absolute atomic E-state index is 0. The average molecular weight is 1050 g/mol. The summed E-state index contributed by atoms with van der Waals surface area (Å²) in [6.07, 6.45) is 11.1. The van der Waals surface area contributed by atoms with E-state index in [1.165, 1.54) is 11.8 Å². The van der Waals surface area contributed by atoms with Gasteiger partial charge in [0.1, 0.15) is 5.78 Å². The van der Waals surface area contributed by atoms with Crippen molar-refractivity contribution in [2.45, 2.75) is 54.9 Å². The van der Waals surface area contributed by atoms with E-state index in [0.29, 0.717) is 6.42 Å². The molecule has 8 nitrogen and oxygen atoms in total. The van der Waals surface area contributed by atoms with Gasteiger partial charge < -0.3 is 33.7 Å². The van der Waals surface area contributed by atoms with Gasteiger partial charge in [0.05, 0.1) is 0 Å². The van der Waals surface area contributed by atoms with E-state index in [1.807, 2.05) is 143 Å². The molecule has 0 saturated carbocycles. The molecule has 0 atom stereocenters. The average Bonchev–Trinajstić information content (AvgIpc) is 3.14. The van der Waals surface area contributed by atoms with Crippen molar-refractivity contribution in [1.82, 2.24) is 19.9 Å². The van der Waals surface area contributed by atoms with Crippen molar-refractivity contribution in [3.8, 4) is 0 Å². The molecule has 0 aliphatic carbocycles. The summed E-state index contributed by atoms with van der Waals surface area (Å²) in [7, 11) is 3.45. The minimum atomic E-state index is -0.833. The molecular weight excluding hydrogens is 982 g/mol. The number of pyridine rings is 3. The van der Waals surface area contributed by atoms with E-state index in [0.717, 1.165) is 18.1 Å². The zero-order valence-electron chi connectivity index (χ0n) is 36.5. The van der Waals surface area contributed by atoms with Crippen LogP contribution in [-0.4, -0.2) is 79.8 Å². The summed E-state index contributed by atoms with van der Waals surface area (Å²) in [6.45, 7) is 15.9. The molecule has 5 aromatic rings. The predicted molar refractivity (Wildman–Crippen MR) is 231 cm³/mol. The van der Waals surface area contributed by atoms with Gasteiger partial charge in [-0.05, 0) is 48.9 Å². The molecule has 0 saturated heterocycles. The summed E-state index contributed by atoms with van der Waals surface area (Å²) in [5.74, 6) is -0.527. The Labute approximate surface area is 398 Å². The number of hydrogen-bond acceptors (Lipinski definition) is 6. The third-order valence-electron chi connectivity index (χ3n) is 4.47. The molecule has 5 rings (SSSR count). The van der Waals surface area contributed by atoms with Gasteiger partial charge in [-0.2, -0.15) is 24.6 Å². The fourth-order valence-electron chi connectivity index (χ4n) is 2.30. The Hall–Kier alpha value is -2.99. The first kappa shape index (κ1) is 81.2. The second kappa shape index (κ2) is 69.9. The van der Waals surface area contributed by atoms with Crippen LogP contribution < -0.4 is 0 Å². The minimum Gasteiger partial charge on any atom is -1.00 e. The third-order valence-corrected chi connectivity index (χ3v) is 4.47. The molecule has 0 fully saturated rings. The van der Waals surface area contributed by atoms with Gasteiger partial charge in [0.25, 0.3) is 5.97 Å². The van der Waals surface area contributed by atoms with E-state index >= 15 is 0 Å². The Morgan fingerprint density at radius 1 is 0.554 bits per heavy atom. The van der Waals surface area contributed by atoms with Crippen LogP contribution in [0.15, 0.2) is 152 Å². The van der Waals surface area contributed by atoms with Crippen LogP contribution in [0.4, 0.5) is 0 Å². The molecule has 0 bridgehead atoms. The Balaban J connectivity index is -0.0000000404. The van der Waals surface area contributed by atoms with Crippen molar-refractivity contribution in [2.75, 3.05) is 14.1 Å². The van der Waals surface area contributed by atoms with E-state index in [-0.39, 0.29) is 117 Å². The number of carbonyl (C=O) groups is 3. The van der Waals surface area contributed by atoms with Crippen molar-refractivity contribution in [3.05, 3.63) is 193 Å². The smallest absolute Gasteiger partial charge is 1.00 e. The number of aromatic nitrogens is 3. The molecule has 12 heteroatoms. The van der Waals surface area contributed by atoms with Gasteiger partial charge in [-0.25, -0.2) is 0 Å². The van der Waals surface area contributed by atoms with E-state index in [2.05, 4.69) is 21.9 Å². The van der Waals surface area contributed by atoms with Crippen LogP contribution in [-0.2, 0) is 79.2 Å². The van der Waals surface area contributed by atoms with Crippen LogP contribution in [0, 0.1) is 29.2 Å². The van der Waals surface area contributed by atoms with Crippen molar-refractivity contribution in [3.63, 3.8) is 0 Å². The number of carbonyl (C=O) groups excluding carboxylic acids is 2. The third kappa shape index (κ3) is 83.8. The van der Waals surface area contributed by atoms with E-state index in [9.17, 15) is 9.59 Å². The summed E-state index contributed by atoms with van der Waals surface area (Å²) in [5, 5.41) is 7.42. The number of amides is 1. The standard InChI is InChI=1S/C9H10O.C7H7.3C5H5N.C4H9NO.C2H4O2.2C2H6.3CH3.Mg.3Rh.H/c1-8(10)7-9-5-3-2-4-6-9;1-7-5-3-2-4-6-7;3*1-2-4-6-5-3-1;1-4(6)5(2)3;1-2(3)4;2*1-2;;;;;;;;/h2-6H,7H2,1H3;2-6H,1H2;3*1-5H;1-3H3;1H3,(H,3,4);2*1-2H3;3*1H3;;;;;/q;-1;;;;;;;;3*-1;+2;;;;-1. The number of ketones is 1. The number of rotatable bonds is 2. The van der Waals surface area contributed by atoms with E-state index in [1.54, 1.807) is 58.2 Å². The molecule has 0 spiro atoms. The zero-order valence-corrected chi connectivity index (χ0v) is 41.8. The maximum Gasteiger partial charge on any atom is 2.00 e.